The van der Waals surface area contributed by atoms with Gasteiger partial charge in [-0.15, -0.1) is 0 Å². The Balaban J connectivity index is 2.31. The number of sulfonamides is 1. The lowest BCUT2D eigenvalue weighted by atomic mass is 10.0. The molecule has 0 saturated heterocycles. The number of rotatable bonds is 5. The molecule has 2 rings (SSSR count). The molecule has 1 unspecified atom stereocenters. The molecule has 21 heavy (non-hydrogen) atoms. The van der Waals surface area contributed by atoms with Gasteiger partial charge in [0.1, 0.15) is 0 Å². The van der Waals surface area contributed by atoms with E-state index in [9.17, 15) is 8.42 Å². The largest absolute Gasteiger partial charge is 0.326 e. The van der Waals surface area contributed by atoms with Crippen LogP contribution >= 0.6 is 0 Å². The Hall–Kier alpha value is -1.69. The second-order valence-corrected chi connectivity index (χ2v) is 6.69. The Morgan fingerprint density at radius 2 is 1.71 bits per heavy atom. The second kappa shape index (κ2) is 6.39. The van der Waals surface area contributed by atoms with E-state index in [2.05, 4.69) is 4.72 Å². The smallest absolute Gasteiger partial charge is 0.241 e. The van der Waals surface area contributed by atoms with E-state index >= 15 is 0 Å². The van der Waals surface area contributed by atoms with E-state index in [1.54, 1.807) is 25.1 Å². The fraction of sp³-hybridized carbons (Fsp3) is 0.250. The Morgan fingerprint density at radius 1 is 1.10 bits per heavy atom. The lowest BCUT2D eigenvalue weighted by Crippen LogP contribution is -2.28. The predicted octanol–water partition coefficient (Wildman–Crippen LogP) is 2.49. The van der Waals surface area contributed by atoms with Gasteiger partial charge in [0.2, 0.25) is 10.0 Å². The first kappa shape index (κ1) is 15.7. The highest BCUT2D eigenvalue weighted by Crippen LogP contribution is 2.21. The van der Waals surface area contributed by atoms with E-state index in [1.807, 2.05) is 37.3 Å². The first-order valence-corrected chi connectivity index (χ1v) is 8.30. The Bertz CT molecular complexity index is 727. The van der Waals surface area contributed by atoms with Gasteiger partial charge in [-0.05, 0) is 36.6 Å². The zero-order chi connectivity index (χ0) is 15.5. The van der Waals surface area contributed by atoms with Gasteiger partial charge in [0.25, 0.3) is 0 Å². The van der Waals surface area contributed by atoms with Crippen LogP contribution in [-0.4, -0.2) is 8.42 Å². The van der Waals surface area contributed by atoms with Crippen molar-refractivity contribution in [3.05, 3.63) is 65.2 Å². The van der Waals surface area contributed by atoms with Crippen molar-refractivity contribution in [2.24, 2.45) is 5.73 Å². The number of hydrogen-bond acceptors (Lipinski definition) is 3. The van der Waals surface area contributed by atoms with Gasteiger partial charge in [0, 0.05) is 12.6 Å². The summed E-state index contributed by atoms with van der Waals surface area (Å²) >= 11 is 0. The van der Waals surface area contributed by atoms with Gasteiger partial charge in [-0.1, -0.05) is 42.5 Å². The highest BCUT2D eigenvalue weighted by Gasteiger charge is 2.20. The van der Waals surface area contributed by atoms with Crippen LogP contribution in [0.3, 0.4) is 0 Å². The molecule has 3 N–H and O–H groups in total. The first-order valence-electron chi connectivity index (χ1n) is 6.81. The molecule has 0 radical (unpaired) electrons. The minimum atomic E-state index is -3.55. The maximum atomic E-state index is 12.5. The molecule has 0 heterocycles. The van der Waals surface area contributed by atoms with Gasteiger partial charge < -0.3 is 5.73 Å². The zero-order valence-corrected chi connectivity index (χ0v) is 13.0. The van der Waals surface area contributed by atoms with Gasteiger partial charge in [-0.2, -0.15) is 0 Å². The molecule has 4 nitrogen and oxygen atoms in total. The first-order chi connectivity index (χ1) is 9.95. The average molecular weight is 304 g/mol. The lowest BCUT2D eigenvalue weighted by Gasteiger charge is -2.18. The Labute approximate surface area is 126 Å². The Kier molecular flexibility index (Phi) is 4.77. The summed E-state index contributed by atoms with van der Waals surface area (Å²) in [4.78, 5) is 0.307. The number of nitrogens with two attached hydrogens (primary N) is 1. The SMILES string of the molecule is Cc1ccccc1S(=O)(=O)NC(C)c1ccccc1CN. The highest BCUT2D eigenvalue weighted by molar-refractivity contribution is 7.89. The summed E-state index contributed by atoms with van der Waals surface area (Å²) in [5.74, 6) is 0. The van der Waals surface area contributed by atoms with Crippen LogP contribution in [0.5, 0.6) is 0 Å². The van der Waals surface area contributed by atoms with E-state index in [0.29, 0.717) is 11.4 Å². The molecule has 1 atom stereocenters. The Morgan fingerprint density at radius 3 is 2.38 bits per heavy atom. The van der Waals surface area contributed by atoms with Crippen molar-refractivity contribution in [2.45, 2.75) is 31.3 Å². The third-order valence-corrected chi connectivity index (χ3v) is 5.16. The number of benzene rings is 2. The van der Waals surface area contributed by atoms with Crippen LogP contribution in [0.15, 0.2) is 53.4 Å². The summed E-state index contributed by atoms with van der Waals surface area (Å²) in [5, 5.41) is 0. The van der Waals surface area contributed by atoms with Crippen LogP contribution in [0.2, 0.25) is 0 Å². The van der Waals surface area contributed by atoms with E-state index in [4.69, 9.17) is 5.73 Å². The van der Waals surface area contributed by atoms with Crippen LogP contribution in [0.1, 0.15) is 29.7 Å². The van der Waals surface area contributed by atoms with E-state index < -0.39 is 10.0 Å². The summed E-state index contributed by atoms with van der Waals surface area (Å²) in [7, 11) is -3.55. The number of hydrogen-bond donors (Lipinski definition) is 2. The molecule has 2 aromatic carbocycles. The predicted molar refractivity (Wildman–Crippen MR) is 84.2 cm³/mol. The molecular formula is C16H20N2O2S. The number of nitrogens with one attached hydrogen (secondary N) is 1. The van der Waals surface area contributed by atoms with Crippen molar-refractivity contribution in [2.75, 3.05) is 0 Å². The molecule has 0 aliphatic rings. The quantitative estimate of drug-likeness (QED) is 0.891. The average Bonchev–Trinajstić information content (AvgIpc) is 2.47. The molecule has 112 valence electrons. The van der Waals surface area contributed by atoms with Crippen LogP contribution in [0.4, 0.5) is 0 Å². The number of aryl methyl sites for hydroxylation is 1. The van der Waals surface area contributed by atoms with Crippen molar-refractivity contribution >= 4 is 10.0 Å². The molecule has 0 bridgehead atoms. The molecule has 0 fully saturated rings. The summed E-state index contributed by atoms with van der Waals surface area (Å²) < 4.78 is 27.7. The summed E-state index contributed by atoms with van der Waals surface area (Å²) in [5.41, 5.74) is 8.28. The van der Waals surface area contributed by atoms with Crippen LogP contribution in [-0.2, 0) is 16.6 Å². The molecule has 0 amide bonds. The van der Waals surface area contributed by atoms with Gasteiger partial charge in [-0.25, -0.2) is 13.1 Å². The standard InChI is InChI=1S/C16H20N2O2S/c1-12-7-3-6-10-16(12)21(19,20)18-13(2)15-9-5-4-8-14(15)11-17/h3-10,13,18H,11,17H2,1-2H3. The fourth-order valence-corrected chi connectivity index (χ4v) is 3.83. The molecule has 0 aliphatic carbocycles. The van der Waals surface area contributed by atoms with Crippen molar-refractivity contribution < 1.29 is 8.42 Å². The lowest BCUT2D eigenvalue weighted by molar-refractivity contribution is 0.565. The van der Waals surface area contributed by atoms with Gasteiger partial charge in [0.15, 0.2) is 0 Å². The van der Waals surface area contributed by atoms with Crippen LogP contribution < -0.4 is 10.5 Å². The van der Waals surface area contributed by atoms with Crippen molar-refractivity contribution in [1.82, 2.24) is 4.72 Å². The van der Waals surface area contributed by atoms with Gasteiger partial charge in [-0.3, -0.25) is 0 Å². The minimum Gasteiger partial charge on any atom is -0.326 e. The van der Waals surface area contributed by atoms with Gasteiger partial charge >= 0.3 is 0 Å². The molecule has 2 aromatic rings. The minimum absolute atomic E-state index is 0.307. The molecular weight excluding hydrogens is 284 g/mol. The summed E-state index contributed by atoms with van der Waals surface area (Å²) in [6.07, 6.45) is 0. The van der Waals surface area contributed by atoms with Gasteiger partial charge in [0.05, 0.1) is 4.90 Å². The molecule has 5 heteroatoms. The van der Waals surface area contributed by atoms with Crippen LogP contribution in [0.25, 0.3) is 0 Å². The molecule has 0 spiro atoms. The molecule has 0 aromatic heterocycles. The normalized spacial score (nSPS) is 13.1. The summed E-state index contributed by atoms with van der Waals surface area (Å²) in [6, 6.07) is 14.2. The monoisotopic (exact) mass is 304 g/mol. The van der Waals surface area contributed by atoms with Crippen molar-refractivity contribution in [1.29, 1.82) is 0 Å². The van der Waals surface area contributed by atoms with E-state index in [-0.39, 0.29) is 6.04 Å². The molecule has 0 aliphatic heterocycles. The second-order valence-electron chi connectivity index (χ2n) is 5.01. The van der Waals surface area contributed by atoms with Crippen molar-refractivity contribution in [3.63, 3.8) is 0 Å². The van der Waals surface area contributed by atoms with E-state index in [1.165, 1.54) is 0 Å². The maximum Gasteiger partial charge on any atom is 0.241 e. The highest BCUT2D eigenvalue weighted by atomic mass is 32.2. The third-order valence-electron chi connectivity index (χ3n) is 3.46. The third kappa shape index (κ3) is 3.50. The fourth-order valence-electron chi connectivity index (χ4n) is 2.36. The van der Waals surface area contributed by atoms with E-state index in [0.717, 1.165) is 16.7 Å². The van der Waals surface area contributed by atoms with Crippen LogP contribution in [0, 0.1) is 6.92 Å². The topological polar surface area (TPSA) is 72.2 Å². The zero-order valence-electron chi connectivity index (χ0n) is 12.2. The maximum absolute atomic E-state index is 12.5. The molecule has 0 saturated carbocycles. The van der Waals surface area contributed by atoms with Crippen molar-refractivity contribution in [3.8, 4) is 0 Å². The summed E-state index contributed by atoms with van der Waals surface area (Å²) in [6.45, 7) is 3.99.